The van der Waals surface area contributed by atoms with Crippen LogP contribution in [0.4, 0.5) is 0 Å². The largest absolute Gasteiger partial charge is 0.379 e. The first-order valence-electron chi connectivity index (χ1n) is 8.06. The summed E-state index contributed by atoms with van der Waals surface area (Å²) >= 11 is 0. The second-order valence-corrected chi connectivity index (χ2v) is 5.98. The Kier molecular flexibility index (Phi) is 5.97. The zero-order chi connectivity index (χ0) is 12.8. The molecule has 0 aromatic carbocycles. The standard InChI is InChI=1S/C16H30O2/c1-3-17-15-9-5-13(6-10-15)14-7-11-16(12-8-14)18-4-2/h13-16H,3-12H2,1-2H3. The molecule has 0 radical (unpaired) electrons. The summed E-state index contributed by atoms with van der Waals surface area (Å²) in [5.41, 5.74) is 0. The molecule has 0 saturated heterocycles. The fraction of sp³-hybridized carbons (Fsp3) is 1.00. The van der Waals surface area contributed by atoms with Gasteiger partial charge < -0.3 is 9.47 Å². The highest BCUT2D eigenvalue weighted by molar-refractivity contribution is 4.82. The molecule has 2 nitrogen and oxygen atoms in total. The molecule has 0 aliphatic heterocycles. The van der Waals surface area contributed by atoms with Gasteiger partial charge in [-0.1, -0.05) is 0 Å². The van der Waals surface area contributed by atoms with Crippen LogP contribution >= 0.6 is 0 Å². The zero-order valence-electron chi connectivity index (χ0n) is 12.2. The van der Waals surface area contributed by atoms with E-state index >= 15 is 0 Å². The first-order chi connectivity index (χ1) is 8.83. The monoisotopic (exact) mass is 254 g/mol. The van der Waals surface area contributed by atoms with Crippen LogP contribution in [-0.2, 0) is 9.47 Å². The lowest BCUT2D eigenvalue weighted by molar-refractivity contribution is -0.00491. The predicted molar refractivity (Wildman–Crippen MR) is 74.7 cm³/mol. The Morgan fingerprint density at radius 1 is 0.611 bits per heavy atom. The lowest BCUT2D eigenvalue weighted by Gasteiger charge is -2.37. The number of rotatable bonds is 5. The van der Waals surface area contributed by atoms with Crippen molar-refractivity contribution in [1.29, 1.82) is 0 Å². The van der Waals surface area contributed by atoms with Crippen molar-refractivity contribution in [3.05, 3.63) is 0 Å². The highest BCUT2D eigenvalue weighted by Gasteiger charge is 2.31. The van der Waals surface area contributed by atoms with Gasteiger partial charge in [-0.15, -0.1) is 0 Å². The third-order valence-electron chi connectivity index (χ3n) is 4.91. The molecule has 2 fully saturated rings. The molecule has 2 aliphatic carbocycles. The first-order valence-corrected chi connectivity index (χ1v) is 8.06. The Labute approximate surface area is 112 Å². The van der Waals surface area contributed by atoms with E-state index < -0.39 is 0 Å². The van der Waals surface area contributed by atoms with Gasteiger partial charge in [-0.25, -0.2) is 0 Å². The average molecular weight is 254 g/mol. The van der Waals surface area contributed by atoms with E-state index in [0.717, 1.165) is 25.0 Å². The summed E-state index contributed by atoms with van der Waals surface area (Å²) in [4.78, 5) is 0. The summed E-state index contributed by atoms with van der Waals surface area (Å²) in [6.07, 6.45) is 11.9. The van der Waals surface area contributed by atoms with Gasteiger partial charge in [-0.05, 0) is 77.0 Å². The molecule has 0 aromatic heterocycles. The summed E-state index contributed by atoms with van der Waals surface area (Å²) in [5, 5.41) is 0. The molecule has 0 amide bonds. The predicted octanol–water partition coefficient (Wildman–Crippen LogP) is 4.18. The van der Waals surface area contributed by atoms with Crippen LogP contribution in [0, 0.1) is 11.8 Å². The van der Waals surface area contributed by atoms with E-state index in [1.54, 1.807) is 0 Å². The van der Waals surface area contributed by atoms with Crippen molar-refractivity contribution in [2.45, 2.75) is 77.4 Å². The molecular weight excluding hydrogens is 224 g/mol. The second-order valence-electron chi connectivity index (χ2n) is 5.98. The summed E-state index contributed by atoms with van der Waals surface area (Å²) in [6.45, 7) is 5.99. The van der Waals surface area contributed by atoms with Crippen molar-refractivity contribution in [2.24, 2.45) is 11.8 Å². The van der Waals surface area contributed by atoms with E-state index in [-0.39, 0.29) is 0 Å². The van der Waals surface area contributed by atoms with Gasteiger partial charge in [0.1, 0.15) is 0 Å². The molecule has 2 rings (SSSR count). The molecule has 0 heterocycles. The normalized spacial score (nSPS) is 37.7. The Balaban J connectivity index is 1.68. The fourth-order valence-corrected chi connectivity index (χ4v) is 3.92. The van der Waals surface area contributed by atoms with Gasteiger partial charge in [0.25, 0.3) is 0 Å². The van der Waals surface area contributed by atoms with Crippen LogP contribution in [0.2, 0.25) is 0 Å². The van der Waals surface area contributed by atoms with Crippen LogP contribution in [0.3, 0.4) is 0 Å². The van der Waals surface area contributed by atoms with Crippen LogP contribution in [0.15, 0.2) is 0 Å². The zero-order valence-corrected chi connectivity index (χ0v) is 12.2. The van der Waals surface area contributed by atoms with E-state index in [9.17, 15) is 0 Å². The molecule has 0 N–H and O–H groups in total. The molecule has 2 aliphatic rings. The average Bonchev–Trinajstić information content (AvgIpc) is 2.41. The fourth-order valence-electron chi connectivity index (χ4n) is 3.92. The second kappa shape index (κ2) is 7.49. The lowest BCUT2D eigenvalue weighted by Crippen LogP contribution is -2.30. The molecule has 0 unspecified atom stereocenters. The van der Waals surface area contributed by atoms with Crippen molar-refractivity contribution in [3.63, 3.8) is 0 Å². The number of ether oxygens (including phenoxy) is 2. The van der Waals surface area contributed by atoms with Gasteiger partial charge in [-0.2, -0.15) is 0 Å². The van der Waals surface area contributed by atoms with Crippen LogP contribution in [0.5, 0.6) is 0 Å². The minimum atomic E-state index is 0.561. The third kappa shape index (κ3) is 3.96. The SMILES string of the molecule is CCOC1CCC(C2CCC(OCC)CC2)CC1. The minimum absolute atomic E-state index is 0.561. The topological polar surface area (TPSA) is 18.5 Å². The van der Waals surface area contributed by atoms with Crippen molar-refractivity contribution >= 4 is 0 Å². The van der Waals surface area contributed by atoms with E-state index in [2.05, 4.69) is 13.8 Å². The molecule has 0 aromatic rings. The lowest BCUT2D eigenvalue weighted by atomic mass is 9.72. The molecule has 0 bridgehead atoms. The van der Waals surface area contributed by atoms with Gasteiger partial charge >= 0.3 is 0 Å². The van der Waals surface area contributed by atoms with Crippen LogP contribution in [0.1, 0.15) is 65.2 Å². The Hall–Kier alpha value is -0.0800. The molecule has 18 heavy (non-hydrogen) atoms. The Bertz CT molecular complexity index is 189. The summed E-state index contributed by atoms with van der Waals surface area (Å²) < 4.78 is 11.5. The maximum atomic E-state index is 5.75. The van der Waals surface area contributed by atoms with E-state index in [0.29, 0.717) is 12.2 Å². The van der Waals surface area contributed by atoms with Crippen LogP contribution in [-0.4, -0.2) is 25.4 Å². The van der Waals surface area contributed by atoms with Gasteiger partial charge in [0, 0.05) is 13.2 Å². The Morgan fingerprint density at radius 3 is 1.22 bits per heavy atom. The molecule has 2 saturated carbocycles. The van der Waals surface area contributed by atoms with Crippen LogP contribution in [0.25, 0.3) is 0 Å². The van der Waals surface area contributed by atoms with E-state index in [1.807, 2.05) is 0 Å². The van der Waals surface area contributed by atoms with Crippen LogP contribution < -0.4 is 0 Å². The number of hydrogen-bond acceptors (Lipinski definition) is 2. The molecular formula is C16H30O2. The summed E-state index contributed by atoms with van der Waals surface area (Å²) in [6, 6.07) is 0. The quantitative estimate of drug-likeness (QED) is 0.733. The van der Waals surface area contributed by atoms with Gasteiger partial charge in [0.2, 0.25) is 0 Å². The van der Waals surface area contributed by atoms with E-state index in [1.165, 1.54) is 51.4 Å². The molecule has 0 atom stereocenters. The maximum Gasteiger partial charge on any atom is 0.0575 e. The van der Waals surface area contributed by atoms with Crippen molar-refractivity contribution in [1.82, 2.24) is 0 Å². The molecule has 106 valence electrons. The minimum Gasteiger partial charge on any atom is -0.379 e. The molecule has 0 spiro atoms. The number of hydrogen-bond donors (Lipinski definition) is 0. The van der Waals surface area contributed by atoms with Gasteiger partial charge in [-0.3, -0.25) is 0 Å². The highest BCUT2D eigenvalue weighted by Crippen LogP contribution is 2.39. The summed E-state index contributed by atoms with van der Waals surface area (Å²) in [7, 11) is 0. The van der Waals surface area contributed by atoms with Gasteiger partial charge in [0.05, 0.1) is 12.2 Å². The maximum absolute atomic E-state index is 5.75. The highest BCUT2D eigenvalue weighted by atomic mass is 16.5. The first kappa shape index (κ1) is 14.3. The smallest absolute Gasteiger partial charge is 0.0575 e. The third-order valence-corrected chi connectivity index (χ3v) is 4.91. The van der Waals surface area contributed by atoms with Crippen molar-refractivity contribution in [2.75, 3.05) is 13.2 Å². The van der Waals surface area contributed by atoms with E-state index in [4.69, 9.17) is 9.47 Å². The Morgan fingerprint density at radius 2 is 0.944 bits per heavy atom. The van der Waals surface area contributed by atoms with Crippen molar-refractivity contribution < 1.29 is 9.47 Å². The van der Waals surface area contributed by atoms with Gasteiger partial charge in [0.15, 0.2) is 0 Å². The molecule has 2 heteroatoms. The summed E-state index contributed by atoms with van der Waals surface area (Å²) in [5.74, 6) is 1.95. The van der Waals surface area contributed by atoms with Crippen molar-refractivity contribution in [3.8, 4) is 0 Å².